The second-order valence-electron chi connectivity index (χ2n) is 4.40. The Labute approximate surface area is 120 Å². The molecule has 0 aliphatic rings. The van der Waals surface area contributed by atoms with Gasteiger partial charge in [-0.05, 0) is 12.5 Å². The molecule has 8 nitrogen and oxygen atoms in total. The van der Waals surface area contributed by atoms with Crippen LogP contribution in [-0.4, -0.2) is 20.8 Å². The number of imidazole rings is 1. The number of benzene rings is 1. The largest absolute Gasteiger partial charge is 0.393 e. The number of H-pyrrole nitrogens is 1. The molecule has 0 spiro atoms. The number of anilines is 1. The van der Waals surface area contributed by atoms with Gasteiger partial charge in [0.15, 0.2) is 0 Å². The van der Waals surface area contributed by atoms with Gasteiger partial charge in [0, 0.05) is 18.5 Å². The van der Waals surface area contributed by atoms with Crippen molar-refractivity contribution in [3.05, 3.63) is 52.1 Å². The fraction of sp³-hybridized carbons (Fsp3) is 0.231. The fourth-order valence-corrected chi connectivity index (χ4v) is 1.98. The summed E-state index contributed by atoms with van der Waals surface area (Å²) in [6.45, 7) is 1.89. The second-order valence-corrected chi connectivity index (χ2v) is 4.40. The average molecular weight is 289 g/mol. The Balaban J connectivity index is 2.24. The van der Waals surface area contributed by atoms with Crippen molar-refractivity contribution < 1.29 is 9.72 Å². The molecule has 0 saturated heterocycles. The summed E-state index contributed by atoms with van der Waals surface area (Å²) in [5.41, 5.74) is 5.35. The Morgan fingerprint density at radius 2 is 2.33 bits per heavy atom. The van der Waals surface area contributed by atoms with Crippen molar-refractivity contribution in [1.82, 2.24) is 15.3 Å². The Hall–Kier alpha value is -2.90. The number of nitrogens with two attached hydrogens (primary N) is 1. The topological polar surface area (TPSA) is 127 Å². The lowest BCUT2D eigenvalue weighted by Gasteiger charge is -2.15. The van der Waals surface area contributed by atoms with Crippen molar-refractivity contribution >= 4 is 17.3 Å². The van der Waals surface area contributed by atoms with Crippen LogP contribution in [0.5, 0.6) is 0 Å². The van der Waals surface area contributed by atoms with E-state index in [9.17, 15) is 14.9 Å². The summed E-state index contributed by atoms with van der Waals surface area (Å²) < 4.78 is 0. The van der Waals surface area contributed by atoms with E-state index in [1.165, 1.54) is 18.2 Å². The predicted octanol–water partition coefficient (Wildman–Crippen LogP) is 1.78. The molecule has 1 amide bonds. The lowest BCUT2D eigenvalue weighted by molar-refractivity contribution is -0.383. The van der Waals surface area contributed by atoms with Gasteiger partial charge in [-0.1, -0.05) is 13.0 Å². The second kappa shape index (κ2) is 6.04. The van der Waals surface area contributed by atoms with E-state index in [2.05, 4.69) is 15.3 Å². The fourth-order valence-electron chi connectivity index (χ4n) is 1.98. The quantitative estimate of drug-likeness (QED) is 0.439. The van der Waals surface area contributed by atoms with E-state index < -0.39 is 10.8 Å². The van der Waals surface area contributed by atoms with Crippen molar-refractivity contribution in [1.29, 1.82) is 0 Å². The highest BCUT2D eigenvalue weighted by Crippen LogP contribution is 2.25. The number of carbonyl (C=O) groups is 1. The molecule has 0 aliphatic heterocycles. The third-order valence-electron chi connectivity index (χ3n) is 3.09. The van der Waals surface area contributed by atoms with Gasteiger partial charge in [0.05, 0.1) is 16.5 Å². The molecule has 1 aromatic carbocycles. The molecule has 0 saturated carbocycles. The molecule has 0 radical (unpaired) electrons. The number of hydrogen-bond acceptors (Lipinski definition) is 5. The van der Waals surface area contributed by atoms with Crippen LogP contribution in [-0.2, 0) is 0 Å². The number of nitro benzene ring substituents is 1. The molecule has 0 aliphatic carbocycles. The van der Waals surface area contributed by atoms with E-state index >= 15 is 0 Å². The summed E-state index contributed by atoms with van der Waals surface area (Å²) in [6, 6.07) is 3.82. The Kier molecular flexibility index (Phi) is 4.17. The molecular formula is C13H15N5O3. The molecule has 1 aromatic heterocycles. The highest BCUT2D eigenvalue weighted by Gasteiger charge is 2.21. The first-order valence-electron chi connectivity index (χ1n) is 6.37. The minimum Gasteiger partial charge on any atom is -0.393 e. The molecule has 1 atom stereocenters. The first kappa shape index (κ1) is 14.5. The Morgan fingerprint density at radius 3 is 2.90 bits per heavy atom. The maximum atomic E-state index is 12.2. The number of rotatable bonds is 5. The minimum absolute atomic E-state index is 0.0780. The average Bonchev–Trinajstić information content (AvgIpc) is 2.98. The zero-order valence-corrected chi connectivity index (χ0v) is 11.4. The molecule has 2 rings (SSSR count). The summed E-state index contributed by atoms with van der Waals surface area (Å²) in [6.07, 6.45) is 3.87. The first-order chi connectivity index (χ1) is 10.0. The van der Waals surface area contributed by atoms with Crippen molar-refractivity contribution in [2.45, 2.75) is 19.4 Å². The Bertz CT molecular complexity index is 654. The van der Waals surface area contributed by atoms with E-state index in [0.717, 1.165) is 0 Å². The summed E-state index contributed by atoms with van der Waals surface area (Å²) in [5.74, 6) is 0.148. The lowest BCUT2D eigenvalue weighted by atomic mass is 10.1. The third-order valence-corrected chi connectivity index (χ3v) is 3.09. The number of nitrogen functional groups attached to an aromatic ring is 1. The van der Waals surface area contributed by atoms with Gasteiger partial charge < -0.3 is 16.0 Å². The number of aromatic nitrogens is 2. The van der Waals surface area contributed by atoms with Crippen LogP contribution in [0.2, 0.25) is 0 Å². The maximum Gasteiger partial charge on any atom is 0.292 e. The van der Waals surface area contributed by atoms with Crippen molar-refractivity contribution in [3.8, 4) is 0 Å². The van der Waals surface area contributed by atoms with Crippen LogP contribution in [0.4, 0.5) is 11.4 Å². The van der Waals surface area contributed by atoms with E-state index in [0.29, 0.717) is 12.2 Å². The van der Waals surface area contributed by atoms with Crippen molar-refractivity contribution in [2.75, 3.05) is 5.73 Å². The first-order valence-corrected chi connectivity index (χ1v) is 6.37. The number of hydrogen-bond donors (Lipinski definition) is 3. The van der Waals surface area contributed by atoms with Gasteiger partial charge in [0.1, 0.15) is 11.5 Å². The molecule has 8 heteroatoms. The number of nitro groups is 1. The summed E-state index contributed by atoms with van der Waals surface area (Å²) in [5, 5.41) is 13.6. The predicted molar refractivity (Wildman–Crippen MR) is 76.6 cm³/mol. The number of carbonyl (C=O) groups excluding carboxylic acids is 1. The van der Waals surface area contributed by atoms with E-state index in [1.54, 1.807) is 12.4 Å². The highest BCUT2D eigenvalue weighted by atomic mass is 16.6. The normalized spacial score (nSPS) is 11.9. The van der Waals surface area contributed by atoms with Crippen LogP contribution in [0.15, 0.2) is 30.6 Å². The van der Waals surface area contributed by atoms with Gasteiger partial charge in [0.25, 0.3) is 11.6 Å². The van der Waals surface area contributed by atoms with E-state index in [4.69, 9.17) is 5.73 Å². The van der Waals surface area contributed by atoms with Gasteiger partial charge in [-0.25, -0.2) is 4.98 Å². The van der Waals surface area contributed by atoms with Crippen LogP contribution in [0, 0.1) is 10.1 Å². The maximum absolute atomic E-state index is 12.2. The molecule has 21 heavy (non-hydrogen) atoms. The van der Waals surface area contributed by atoms with E-state index in [-0.39, 0.29) is 23.0 Å². The molecule has 1 heterocycles. The summed E-state index contributed by atoms with van der Waals surface area (Å²) in [4.78, 5) is 29.5. The number of para-hydroxylation sites is 1. The monoisotopic (exact) mass is 289 g/mol. The smallest absolute Gasteiger partial charge is 0.292 e. The van der Waals surface area contributed by atoms with Crippen molar-refractivity contribution in [2.24, 2.45) is 0 Å². The van der Waals surface area contributed by atoms with Gasteiger partial charge >= 0.3 is 0 Å². The number of nitrogens with zero attached hydrogens (tertiary/aromatic N) is 2. The van der Waals surface area contributed by atoms with Gasteiger partial charge in [-0.2, -0.15) is 0 Å². The number of nitrogens with one attached hydrogen (secondary N) is 2. The zero-order valence-electron chi connectivity index (χ0n) is 11.4. The van der Waals surface area contributed by atoms with Gasteiger partial charge in [0.2, 0.25) is 0 Å². The lowest BCUT2D eigenvalue weighted by Crippen LogP contribution is -2.29. The zero-order chi connectivity index (χ0) is 15.4. The van der Waals surface area contributed by atoms with E-state index in [1.807, 2.05) is 6.92 Å². The number of amides is 1. The van der Waals surface area contributed by atoms with Gasteiger partial charge in [-0.3, -0.25) is 14.9 Å². The summed E-state index contributed by atoms with van der Waals surface area (Å²) >= 11 is 0. The molecule has 2 aromatic rings. The van der Waals surface area contributed by atoms with Crippen LogP contribution in [0.1, 0.15) is 35.6 Å². The molecule has 4 N–H and O–H groups in total. The number of aromatic amines is 1. The summed E-state index contributed by atoms with van der Waals surface area (Å²) in [7, 11) is 0. The van der Waals surface area contributed by atoms with Crippen LogP contribution in [0.3, 0.4) is 0 Å². The Morgan fingerprint density at radius 1 is 1.57 bits per heavy atom. The molecule has 1 unspecified atom stereocenters. The van der Waals surface area contributed by atoms with Crippen LogP contribution < -0.4 is 11.1 Å². The highest BCUT2D eigenvalue weighted by molar-refractivity contribution is 6.01. The molecule has 0 fully saturated rings. The standard InChI is InChI=1S/C13H15N5O3/c1-2-9(12-15-6-7-16-12)17-13(19)8-4-3-5-10(11(8)14)18(20)21/h3-7,9H,2,14H2,1H3,(H,15,16)(H,17,19). The SMILES string of the molecule is CCC(NC(=O)c1cccc([N+](=O)[O-])c1N)c1ncc[nH]1. The minimum atomic E-state index is -0.615. The van der Waals surface area contributed by atoms with Crippen LogP contribution in [0.25, 0.3) is 0 Å². The molecule has 110 valence electrons. The third kappa shape index (κ3) is 2.99. The molecule has 0 bridgehead atoms. The molecular weight excluding hydrogens is 274 g/mol. The van der Waals surface area contributed by atoms with Crippen molar-refractivity contribution in [3.63, 3.8) is 0 Å². The van der Waals surface area contributed by atoms with Crippen LogP contribution >= 0.6 is 0 Å². The van der Waals surface area contributed by atoms with Gasteiger partial charge in [-0.15, -0.1) is 0 Å².